The molecule has 1 aromatic heterocycles. The van der Waals surface area contributed by atoms with Gasteiger partial charge in [0.1, 0.15) is 5.01 Å². The zero-order valence-corrected chi connectivity index (χ0v) is 13.8. The van der Waals surface area contributed by atoms with Crippen LogP contribution in [0.3, 0.4) is 0 Å². The Morgan fingerprint density at radius 1 is 1.00 bits per heavy atom. The van der Waals surface area contributed by atoms with Crippen LogP contribution in [0.5, 0.6) is 0 Å². The molecule has 1 saturated carbocycles. The van der Waals surface area contributed by atoms with Crippen LogP contribution in [0.2, 0.25) is 0 Å². The molecule has 0 atom stereocenters. The minimum Gasteiger partial charge on any atom is -0.308 e. The predicted octanol–water partition coefficient (Wildman–Crippen LogP) is 5.21. The van der Waals surface area contributed by atoms with Gasteiger partial charge >= 0.3 is 0 Å². The molecule has 0 amide bonds. The van der Waals surface area contributed by atoms with Crippen molar-refractivity contribution < 1.29 is 0 Å². The van der Waals surface area contributed by atoms with Crippen molar-refractivity contribution in [3.05, 3.63) is 16.1 Å². The first-order valence-corrected chi connectivity index (χ1v) is 9.37. The first-order chi connectivity index (χ1) is 9.84. The van der Waals surface area contributed by atoms with E-state index in [0.29, 0.717) is 6.04 Å². The van der Waals surface area contributed by atoms with Gasteiger partial charge in [-0.05, 0) is 19.8 Å². The molecule has 1 aromatic rings. The normalized spacial score (nSPS) is 20.2. The van der Waals surface area contributed by atoms with Crippen LogP contribution >= 0.6 is 11.3 Å². The molecule has 0 aromatic carbocycles. The van der Waals surface area contributed by atoms with Crippen LogP contribution in [-0.2, 0) is 6.54 Å². The van der Waals surface area contributed by atoms with Crippen molar-refractivity contribution in [1.82, 2.24) is 10.3 Å². The van der Waals surface area contributed by atoms with Gasteiger partial charge in [-0.1, -0.05) is 57.8 Å². The summed E-state index contributed by atoms with van der Waals surface area (Å²) < 4.78 is 0. The lowest BCUT2D eigenvalue weighted by Crippen LogP contribution is -2.28. The summed E-state index contributed by atoms with van der Waals surface area (Å²) in [5.74, 6) is 0. The van der Waals surface area contributed by atoms with E-state index in [1.807, 2.05) is 0 Å². The minimum absolute atomic E-state index is 0.707. The third-order valence-electron chi connectivity index (χ3n) is 4.31. The van der Waals surface area contributed by atoms with Crippen LogP contribution in [0.1, 0.15) is 81.3 Å². The summed E-state index contributed by atoms with van der Waals surface area (Å²) >= 11 is 1.79. The molecule has 1 heterocycles. The molecule has 0 unspecified atom stereocenters. The quantitative estimate of drug-likeness (QED) is 0.827. The van der Waals surface area contributed by atoms with Gasteiger partial charge in [-0.25, -0.2) is 4.98 Å². The maximum atomic E-state index is 4.55. The molecule has 20 heavy (non-hydrogen) atoms. The van der Waals surface area contributed by atoms with Gasteiger partial charge in [0.15, 0.2) is 0 Å². The summed E-state index contributed by atoms with van der Waals surface area (Å²) in [5, 5.41) is 7.15. The molecular formula is C17H30N2S. The van der Waals surface area contributed by atoms with E-state index in [1.54, 1.807) is 11.3 Å². The van der Waals surface area contributed by atoms with E-state index >= 15 is 0 Å². The van der Waals surface area contributed by atoms with E-state index in [0.717, 1.165) is 12.2 Å². The molecular weight excluding hydrogens is 264 g/mol. The van der Waals surface area contributed by atoms with Crippen molar-refractivity contribution in [1.29, 1.82) is 0 Å². The first-order valence-electron chi connectivity index (χ1n) is 8.49. The van der Waals surface area contributed by atoms with Crippen molar-refractivity contribution in [2.24, 2.45) is 0 Å². The van der Waals surface area contributed by atoms with E-state index in [1.165, 1.54) is 75.6 Å². The Hall–Kier alpha value is -0.410. The van der Waals surface area contributed by atoms with Crippen LogP contribution in [0, 0.1) is 6.92 Å². The maximum Gasteiger partial charge on any atom is 0.107 e. The van der Waals surface area contributed by atoms with E-state index in [-0.39, 0.29) is 0 Å². The fourth-order valence-electron chi connectivity index (χ4n) is 3.08. The molecule has 1 aliphatic carbocycles. The van der Waals surface area contributed by atoms with E-state index in [4.69, 9.17) is 0 Å². The zero-order chi connectivity index (χ0) is 14.0. The predicted molar refractivity (Wildman–Crippen MR) is 88.3 cm³/mol. The Balaban J connectivity index is 1.73. The summed E-state index contributed by atoms with van der Waals surface area (Å²) in [6.07, 6.45) is 15.6. The molecule has 0 bridgehead atoms. The number of nitrogens with zero attached hydrogens (tertiary/aromatic N) is 1. The Morgan fingerprint density at radius 2 is 1.55 bits per heavy atom. The van der Waals surface area contributed by atoms with Crippen LogP contribution in [-0.4, -0.2) is 11.0 Å². The van der Waals surface area contributed by atoms with Gasteiger partial charge in [0.25, 0.3) is 0 Å². The molecule has 1 fully saturated rings. The summed E-state index contributed by atoms with van der Waals surface area (Å²) in [6, 6.07) is 0.707. The highest BCUT2D eigenvalue weighted by Gasteiger charge is 2.10. The van der Waals surface area contributed by atoms with Crippen LogP contribution in [0.4, 0.5) is 0 Å². The van der Waals surface area contributed by atoms with Crippen LogP contribution < -0.4 is 5.32 Å². The van der Waals surface area contributed by atoms with Gasteiger partial charge in [0, 0.05) is 23.7 Å². The smallest absolute Gasteiger partial charge is 0.107 e. The molecule has 0 spiro atoms. The highest BCUT2D eigenvalue weighted by Crippen LogP contribution is 2.17. The SMILES string of the molecule is Cc1csc(CNC2CCCCCCCCCCC2)n1. The number of aryl methyl sites for hydroxylation is 1. The first kappa shape index (κ1) is 16.0. The van der Waals surface area contributed by atoms with Gasteiger partial charge < -0.3 is 5.32 Å². The number of hydrogen-bond donors (Lipinski definition) is 1. The summed E-state index contributed by atoms with van der Waals surface area (Å²) in [4.78, 5) is 4.55. The fraction of sp³-hybridized carbons (Fsp3) is 0.824. The van der Waals surface area contributed by atoms with Gasteiger partial charge in [-0.2, -0.15) is 0 Å². The van der Waals surface area contributed by atoms with Crippen molar-refractivity contribution in [3.63, 3.8) is 0 Å². The Bertz CT molecular complexity index is 350. The number of nitrogens with one attached hydrogen (secondary N) is 1. The molecule has 1 aliphatic rings. The Morgan fingerprint density at radius 3 is 2.05 bits per heavy atom. The minimum atomic E-state index is 0.707. The molecule has 2 rings (SSSR count). The maximum absolute atomic E-state index is 4.55. The van der Waals surface area contributed by atoms with Crippen molar-refractivity contribution >= 4 is 11.3 Å². The lowest BCUT2D eigenvalue weighted by Gasteiger charge is -2.19. The van der Waals surface area contributed by atoms with Crippen LogP contribution in [0.15, 0.2) is 5.38 Å². The Labute approximate surface area is 128 Å². The summed E-state index contributed by atoms with van der Waals surface area (Å²) in [6.45, 7) is 3.04. The summed E-state index contributed by atoms with van der Waals surface area (Å²) in [7, 11) is 0. The molecule has 0 saturated heterocycles. The molecule has 114 valence electrons. The highest BCUT2D eigenvalue weighted by molar-refractivity contribution is 7.09. The third-order valence-corrected chi connectivity index (χ3v) is 5.28. The second kappa shape index (κ2) is 9.51. The molecule has 1 N–H and O–H groups in total. The highest BCUT2D eigenvalue weighted by atomic mass is 32.1. The van der Waals surface area contributed by atoms with Gasteiger partial charge in [0.2, 0.25) is 0 Å². The van der Waals surface area contributed by atoms with E-state index in [9.17, 15) is 0 Å². The fourth-order valence-corrected chi connectivity index (χ4v) is 3.81. The molecule has 0 radical (unpaired) electrons. The van der Waals surface area contributed by atoms with Crippen LogP contribution in [0.25, 0.3) is 0 Å². The van der Waals surface area contributed by atoms with E-state index in [2.05, 4.69) is 22.6 Å². The second-order valence-corrected chi connectivity index (χ2v) is 7.16. The zero-order valence-electron chi connectivity index (χ0n) is 13.0. The molecule has 3 heteroatoms. The largest absolute Gasteiger partial charge is 0.308 e. The lowest BCUT2D eigenvalue weighted by molar-refractivity contribution is 0.402. The lowest BCUT2D eigenvalue weighted by atomic mass is 9.98. The molecule has 2 nitrogen and oxygen atoms in total. The van der Waals surface area contributed by atoms with Crippen molar-refractivity contribution in [2.75, 3.05) is 0 Å². The van der Waals surface area contributed by atoms with Gasteiger partial charge in [0.05, 0.1) is 0 Å². The number of rotatable bonds is 3. The molecule has 0 aliphatic heterocycles. The van der Waals surface area contributed by atoms with Gasteiger partial charge in [-0.3, -0.25) is 0 Å². The third kappa shape index (κ3) is 6.36. The van der Waals surface area contributed by atoms with Crippen molar-refractivity contribution in [3.8, 4) is 0 Å². The van der Waals surface area contributed by atoms with Gasteiger partial charge in [-0.15, -0.1) is 11.3 Å². The standard InChI is InChI=1S/C17H30N2S/c1-15-14-20-17(19-15)13-18-16-11-9-7-5-3-2-4-6-8-10-12-16/h14,16,18H,2-13H2,1H3. The summed E-state index contributed by atoms with van der Waals surface area (Å²) in [5.41, 5.74) is 1.16. The average molecular weight is 295 g/mol. The topological polar surface area (TPSA) is 24.9 Å². The number of hydrogen-bond acceptors (Lipinski definition) is 3. The number of thiazole rings is 1. The van der Waals surface area contributed by atoms with Crippen molar-refractivity contribution in [2.45, 2.75) is 90.1 Å². The average Bonchev–Trinajstić information content (AvgIpc) is 2.84. The Kier molecular flexibility index (Phi) is 7.60. The number of aromatic nitrogens is 1. The second-order valence-electron chi connectivity index (χ2n) is 6.22. The monoisotopic (exact) mass is 294 g/mol. The van der Waals surface area contributed by atoms with E-state index < -0.39 is 0 Å².